The van der Waals surface area contributed by atoms with Crippen LogP contribution in [0.3, 0.4) is 0 Å². The fourth-order valence-electron chi connectivity index (χ4n) is 3.20. The molecule has 26 heavy (non-hydrogen) atoms. The van der Waals surface area contributed by atoms with Gasteiger partial charge >= 0.3 is 0 Å². The Labute approximate surface area is 162 Å². The molecular weight excluding hydrogens is 396 g/mol. The minimum atomic E-state index is -0.110. The van der Waals surface area contributed by atoms with Gasteiger partial charge in [0.1, 0.15) is 16.0 Å². The van der Waals surface area contributed by atoms with Gasteiger partial charge in [-0.3, -0.25) is 9.69 Å². The van der Waals surface area contributed by atoms with Gasteiger partial charge in [0.15, 0.2) is 0 Å². The lowest BCUT2D eigenvalue weighted by atomic mass is 10.1. The van der Waals surface area contributed by atoms with Crippen LogP contribution in [0, 0.1) is 0 Å². The number of nitrogens with one attached hydrogen (secondary N) is 1. The highest BCUT2D eigenvalue weighted by Gasteiger charge is 2.25. The maximum absolute atomic E-state index is 12.7. The second-order valence-corrected chi connectivity index (χ2v) is 7.17. The number of methoxy groups -OCH3 is 2. The van der Waals surface area contributed by atoms with Crippen LogP contribution in [0.25, 0.3) is 0 Å². The molecule has 0 aromatic heterocycles. The van der Waals surface area contributed by atoms with Gasteiger partial charge in [-0.05, 0) is 40.0 Å². The normalized spacial score (nSPS) is 17.1. The molecule has 0 unspecified atom stereocenters. The van der Waals surface area contributed by atoms with Crippen molar-refractivity contribution >= 4 is 21.8 Å². The monoisotopic (exact) mass is 418 g/mol. The number of benzene rings is 2. The lowest BCUT2D eigenvalue weighted by Gasteiger charge is -2.17. The Morgan fingerprint density at radius 1 is 1.19 bits per heavy atom. The molecule has 0 radical (unpaired) electrons. The van der Waals surface area contributed by atoms with Crippen molar-refractivity contribution in [1.82, 2.24) is 10.2 Å². The second-order valence-electron chi connectivity index (χ2n) is 6.37. The molecule has 3 rings (SSSR count). The van der Waals surface area contributed by atoms with Gasteiger partial charge in [0.05, 0.1) is 14.2 Å². The van der Waals surface area contributed by atoms with Gasteiger partial charge in [0, 0.05) is 31.2 Å². The number of ether oxygens (including phenoxy) is 2. The molecular formula is C20H23BrN2O3. The molecule has 0 saturated carbocycles. The first-order valence-corrected chi connectivity index (χ1v) is 9.38. The van der Waals surface area contributed by atoms with E-state index in [9.17, 15) is 4.79 Å². The van der Waals surface area contributed by atoms with Gasteiger partial charge in [-0.15, -0.1) is 0 Å². The molecule has 5 nitrogen and oxygen atoms in total. The Bertz CT molecular complexity index is 742. The van der Waals surface area contributed by atoms with E-state index in [0.29, 0.717) is 21.5 Å². The number of likely N-dealkylation sites (tertiary alicyclic amines) is 1. The maximum Gasteiger partial charge on any atom is 0.251 e. The zero-order valence-corrected chi connectivity index (χ0v) is 16.6. The third-order valence-corrected chi connectivity index (χ3v) is 5.35. The van der Waals surface area contributed by atoms with Crippen LogP contribution in [0.4, 0.5) is 0 Å². The quantitative estimate of drug-likeness (QED) is 0.779. The summed E-state index contributed by atoms with van der Waals surface area (Å²) >= 11 is 3.42. The lowest BCUT2D eigenvalue weighted by molar-refractivity contribution is 0.0937. The SMILES string of the molecule is COc1cc(C(=O)N[C@H]2CCN(Cc3ccccc3)C2)cc(OC)c1Br. The summed E-state index contributed by atoms with van der Waals surface area (Å²) in [5.41, 5.74) is 1.82. The first-order valence-electron chi connectivity index (χ1n) is 8.59. The van der Waals surface area contributed by atoms with Crippen molar-refractivity contribution in [2.24, 2.45) is 0 Å². The molecule has 0 bridgehead atoms. The molecule has 2 aromatic carbocycles. The highest BCUT2D eigenvalue weighted by Crippen LogP contribution is 2.35. The molecule has 1 atom stereocenters. The van der Waals surface area contributed by atoms with Crippen LogP contribution in [0.2, 0.25) is 0 Å². The van der Waals surface area contributed by atoms with Crippen LogP contribution in [-0.4, -0.2) is 44.2 Å². The van der Waals surface area contributed by atoms with E-state index in [1.807, 2.05) is 6.07 Å². The third kappa shape index (κ3) is 4.37. The predicted octanol–water partition coefficient (Wildman–Crippen LogP) is 3.47. The molecule has 0 aliphatic carbocycles. The summed E-state index contributed by atoms with van der Waals surface area (Å²) < 4.78 is 11.3. The van der Waals surface area contributed by atoms with Gasteiger partial charge in [-0.2, -0.15) is 0 Å². The van der Waals surface area contributed by atoms with Crippen LogP contribution >= 0.6 is 15.9 Å². The summed E-state index contributed by atoms with van der Waals surface area (Å²) in [6.45, 7) is 2.74. The van der Waals surface area contributed by atoms with E-state index >= 15 is 0 Å². The van der Waals surface area contributed by atoms with E-state index in [1.165, 1.54) is 5.56 Å². The van der Waals surface area contributed by atoms with Crippen LogP contribution in [0.1, 0.15) is 22.3 Å². The zero-order valence-electron chi connectivity index (χ0n) is 15.0. The zero-order chi connectivity index (χ0) is 18.5. The van der Waals surface area contributed by atoms with Crippen LogP contribution in [-0.2, 0) is 6.54 Å². The number of carbonyl (C=O) groups excluding carboxylic acids is 1. The Morgan fingerprint density at radius 2 is 1.85 bits per heavy atom. The highest BCUT2D eigenvalue weighted by atomic mass is 79.9. The highest BCUT2D eigenvalue weighted by molar-refractivity contribution is 9.10. The Kier molecular flexibility index (Phi) is 6.16. The topological polar surface area (TPSA) is 50.8 Å². The molecule has 1 saturated heterocycles. The van der Waals surface area contributed by atoms with E-state index in [4.69, 9.17) is 9.47 Å². The third-order valence-electron chi connectivity index (χ3n) is 4.56. The Hall–Kier alpha value is -2.05. The first kappa shape index (κ1) is 18.7. The number of nitrogens with zero attached hydrogens (tertiary/aromatic N) is 1. The van der Waals surface area contributed by atoms with Crippen molar-refractivity contribution in [3.8, 4) is 11.5 Å². The van der Waals surface area contributed by atoms with E-state index < -0.39 is 0 Å². The van der Waals surface area contributed by atoms with Crippen molar-refractivity contribution in [3.05, 3.63) is 58.1 Å². The molecule has 1 amide bonds. The van der Waals surface area contributed by atoms with Crippen molar-refractivity contribution in [2.75, 3.05) is 27.3 Å². The van der Waals surface area contributed by atoms with Crippen LogP contribution < -0.4 is 14.8 Å². The molecule has 2 aromatic rings. The number of carbonyl (C=O) groups is 1. The Balaban J connectivity index is 1.62. The molecule has 1 fully saturated rings. The number of hydrogen-bond acceptors (Lipinski definition) is 4. The average molecular weight is 419 g/mol. The number of amides is 1. The minimum Gasteiger partial charge on any atom is -0.495 e. The summed E-state index contributed by atoms with van der Waals surface area (Å²) in [7, 11) is 3.14. The largest absolute Gasteiger partial charge is 0.495 e. The summed E-state index contributed by atoms with van der Waals surface area (Å²) in [5, 5.41) is 3.13. The maximum atomic E-state index is 12.7. The fourth-order valence-corrected chi connectivity index (χ4v) is 3.76. The van der Waals surface area contributed by atoms with E-state index in [-0.39, 0.29) is 11.9 Å². The number of rotatable bonds is 6. The van der Waals surface area contributed by atoms with Crippen LogP contribution in [0.5, 0.6) is 11.5 Å². The smallest absolute Gasteiger partial charge is 0.251 e. The van der Waals surface area contributed by atoms with Gasteiger partial charge in [0.2, 0.25) is 0 Å². The standard InChI is InChI=1S/C20H23BrN2O3/c1-25-17-10-15(11-18(26-2)19(17)21)20(24)22-16-8-9-23(13-16)12-14-6-4-3-5-7-14/h3-7,10-11,16H,8-9,12-13H2,1-2H3,(H,22,24)/t16-/m0/s1. The number of hydrogen-bond donors (Lipinski definition) is 1. The molecule has 1 aliphatic rings. The second kappa shape index (κ2) is 8.56. The van der Waals surface area contributed by atoms with Crippen LogP contribution in [0.15, 0.2) is 46.9 Å². The lowest BCUT2D eigenvalue weighted by Crippen LogP contribution is -2.37. The number of halogens is 1. The van der Waals surface area contributed by atoms with Crippen molar-refractivity contribution in [3.63, 3.8) is 0 Å². The molecule has 1 heterocycles. The molecule has 0 spiro atoms. The molecule has 1 aliphatic heterocycles. The van der Waals surface area contributed by atoms with E-state index in [1.54, 1.807) is 26.4 Å². The summed E-state index contributed by atoms with van der Waals surface area (Å²) in [5.74, 6) is 1.04. The van der Waals surface area contributed by atoms with Gasteiger partial charge in [-0.25, -0.2) is 0 Å². The van der Waals surface area contributed by atoms with Crippen molar-refractivity contribution < 1.29 is 14.3 Å². The molecule has 6 heteroatoms. The van der Waals surface area contributed by atoms with Gasteiger partial charge in [0.25, 0.3) is 5.91 Å². The molecule has 138 valence electrons. The summed E-state index contributed by atoms with van der Waals surface area (Å²) in [6.07, 6.45) is 0.948. The van der Waals surface area contributed by atoms with Gasteiger partial charge < -0.3 is 14.8 Å². The van der Waals surface area contributed by atoms with Crippen molar-refractivity contribution in [1.29, 1.82) is 0 Å². The first-order chi connectivity index (χ1) is 12.6. The minimum absolute atomic E-state index is 0.110. The van der Waals surface area contributed by atoms with Crippen molar-refractivity contribution in [2.45, 2.75) is 19.0 Å². The summed E-state index contributed by atoms with van der Waals surface area (Å²) in [6, 6.07) is 14.0. The average Bonchev–Trinajstić information content (AvgIpc) is 3.09. The summed E-state index contributed by atoms with van der Waals surface area (Å²) in [4.78, 5) is 15.0. The fraction of sp³-hybridized carbons (Fsp3) is 0.350. The van der Waals surface area contributed by atoms with E-state index in [0.717, 1.165) is 26.1 Å². The Morgan fingerprint density at radius 3 is 2.46 bits per heavy atom. The molecule has 1 N–H and O–H groups in total. The van der Waals surface area contributed by atoms with Gasteiger partial charge in [-0.1, -0.05) is 30.3 Å². The predicted molar refractivity (Wildman–Crippen MR) is 105 cm³/mol. The van der Waals surface area contributed by atoms with E-state index in [2.05, 4.69) is 50.4 Å².